The Morgan fingerprint density at radius 1 is 1.21 bits per heavy atom. The number of carbonyl (C=O) groups is 1. The number of anilines is 3. The maximum atomic E-state index is 14.4. The molecule has 3 aromatic carbocycles. The Hall–Kier alpha value is -3.58. The standard InChI is InChI=1S/C26H24ClFN4O2/c1-14-7-5-8-15(11-14)29-24(33)16-12-20-22(17-13-26(2,3)34-23(16)17)32(4)25(30-20)31-21-18(27)9-6-10-19(21)28/h5-12H,13H2,1-4H3,(H,29,33)(H,30,31). The number of ether oxygens (including phenoxy) is 1. The lowest BCUT2D eigenvalue weighted by Gasteiger charge is -2.18. The van der Waals surface area contributed by atoms with Crippen LogP contribution >= 0.6 is 11.6 Å². The van der Waals surface area contributed by atoms with E-state index in [0.29, 0.717) is 34.9 Å². The van der Waals surface area contributed by atoms with Crippen LogP contribution in [-0.4, -0.2) is 21.1 Å². The smallest absolute Gasteiger partial charge is 0.259 e. The van der Waals surface area contributed by atoms with E-state index in [1.54, 1.807) is 18.2 Å². The number of rotatable bonds is 4. The number of hydrogen-bond donors (Lipinski definition) is 2. The number of amides is 1. The quantitative estimate of drug-likeness (QED) is 0.357. The van der Waals surface area contributed by atoms with E-state index in [2.05, 4.69) is 15.6 Å². The Morgan fingerprint density at radius 2 is 1.97 bits per heavy atom. The monoisotopic (exact) mass is 478 g/mol. The van der Waals surface area contributed by atoms with Crippen molar-refractivity contribution in [1.29, 1.82) is 0 Å². The van der Waals surface area contributed by atoms with Gasteiger partial charge in [0.1, 0.15) is 17.2 Å². The maximum Gasteiger partial charge on any atom is 0.259 e. The van der Waals surface area contributed by atoms with Crippen LogP contribution in [0.2, 0.25) is 5.02 Å². The molecule has 1 aromatic heterocycles. The molecule has 0 atom stereocenters. The predicted octanol–water partition coefficient (Wildman–Crippen LogP) is 6.38. The van der Waals surface area contributed by atoms with Crippen LogP contribution in [0.15, 0.2) is 48.5 Å². The van der Waals surface area contributed by atoms with Gasteiger partial charge in [0.2, 0.25) is 5.95 Å². The predicted molar refractivity (Wildman–Crippen MR) is 133 cm³/mol. The van der Waals surface area contributed by atoms with Crippen LogP contribution in [0.1, 0.15) is 35.3 Å². The molecular weight excluding hydrogens is 455 g/mol. The van der Waals surface area contributed by atoms with Gasteiger partial charge in [0.05, 0.1) is 27.3 Å². The summed E-state index contributed by atoms with van der Waals surface area (Å²) in [4.78, 5) is 18.0. The van der Waals surface area contributed by atoms with Crippen LogP contribution < -0.4 is 15.4 Å². The van der Waals surface area contributed by atoms with Crippen molar-refractivity contribution >= 4 is 45.9 Å². The average Bonchev–Trinajstić information content (AvgIpc) is 3.25. The van der Waals surface area contributed by atoms with E-state index in [1.165, 1.54) is 6.07 Å². The maximum absolute atomic E-state index is 14.4. The van der Waals surface area contributed by atoms with Crippen LogP contribution in [0.25, 0.3) is 11.0 Å². The SMILES string of the molecule is Cc1cccc(NC(=O)c2cc3nc(Nc4c(F)cccc4Cl)n(C)c3c3c2OC(C)(C)C3)c1. The van der Waals surface area contributed by atoms with E-state index < -0.39 is 11.4 Å². The molecule has 1 aliphatic rings. The highest BCUT2D eigenvalue weighted by atomic mass is 35.5. The van der Waals surface area contributed by atoms with E-state index in [4.69, 9.17) is 16.3 Å². The second-order valence-corrected chi connectivity index (χ2v) is 9.58. The number of benzene rings is 3. The summed E-state index contributed by atoms with van der Waals surface area (Å²) in [5.74, 6) is 0.192. The Bertz CT molecular complexity index is 1440. The third-order valence-electron chi connectivity index (χ3n) is 5.91. The summed E-state index contributed by atoms with van der Waals surface area (Å²) >= 11 is 6.20. The zero-order valence-corrected chi connectivity index (χ0v) is 20.0. The molecule has 174 valence electrons. The van der Waals surface area contributed by atoms with Gasteiger partial charge in [-0.25, -0.2) is 9.37 Å². The molecule has 0 radical (unpaired) electrons. The summed E-state index contributed by atoms with van der Waals surface area (Å²) < 4.78 is 22.5. The normalized spacial score (nSPS) is 14.1. The number of halogens is 2. The van der Waals surface area contributed by atoms with Crippen LogP contribution in [0, 0.1) is 12.7 Å². The first kappa shape index (κ1) is 22.2. The van der Waals surface area contributed by atoms with Gasteiger partial charge >= 0.3 is 0 Å². The van der Waals surface area contributed by atoms with Crippen molar-refractivity contribution in [2.45, 2.75) is 32.8 Å². The highest BCUT2D eigenvalue weighted by Crippen LogP contribution is 2.43. The summed E-state index contributed by atoms with van der Waals surface area (Å²) in [6, 6.07) is 13.8. The fraction of sp³-hybridized carbons (Fsp3) is 0.231. The molecular formula is C26H24ClFN4O2. The van der Waals surface area contributed by atoms with Crippen molar-refractivity contribution in [2.24, 2.45) is 7.05 Å². The molecule has 0 saturated carbocycles. The minimum Gasteiger partial charge on any atom is -0.486 e. The van der Waals surface area contributed by atoms with Gasteiger partial charge in [-0.1, -0.05) is 29.8 Å². The van der Waals surface area contributed by atoms with E-state index in [1.807, 2.05) is 56.7 Å². The molecule has 0 fully saturated rings. The molecule has 0 bridgehead atoms. The fourth-order valence-corrected chi connectivity index (χ4v) is 4.61. The molecule has 0 saturated heterocycles. The lowest BCUT2D eigenvalue weighted by molar-refractivity contribution is 0.101. The number of aryl methyl sites for hydroxylation is 2. The van der Waals surface area contributed by atoms with Gasteiger partial charge in [-0.2, -0.15) is 0 Å². The molecule has 6 nitrogen and oxygen atoms in total. The topological polar surface area (TPSA) is 68.2 Å². The third kappa shape index (κ3) is 3.86. The lowest BCUT2D eigenvalue weighted by Crippen LogP contribution is -2.25. The second kappa shape index (κ2) is 8.02. The van der Waals surface area contributed by atoms with Gasteiger partial charge in [0, 0.05) is 24.7 Å². The van der Waals surface area contributed by atoms with Gasteiger partial charge in [-0.15, -0.1) is 0 Å². The summed E-state index contributed by atoms with van der Waals surface area (Å²) in [6.45, 7) is 5.93. The van der Waals surface area contributed by atoms with Crippen LogP contribution in [0.5, 0.6) is 5.75 Å². The second-order valence-electron chi connectivity index (χ2n) is 9.18. The number of imidazole rings is 1. The zero-order valence-electron chi connectivity index (χ0n) is 19.3. The van der Waals surface area contributed by atoms with Crippen molar-refractivity contribution in [3.63, 3.8) is 0 Å². The highest BCUT2D eigenvalue weighted by molar-refractivity contribution is 6.33. The molecule has 8 heteroatoms. The van der Waals surface area contributed by atoms with Crippen molar-refractivity contribution in [3.8, 4) is 5.75 Å². The van der Waals surface area contributed by atoms with E-state index >= 15 is 0 Å². The van der Waals surface area contributed by atoms with Crippen LogP contribution in [-0.2, 0) is 13.5 Å². The molecule has 4 aromatic rings. The van der Waals surface area contributed by atoms with Crippen molar-refractivity contribution in [2.75, 3.05) is 10.6 Å². The largest absolute Gasteiger partial charge is 0.486 e. The van der Waals surface area contributed by atoms with Gasteiger partial charge < -0.3 is 19.9 Å². The molecule has 1 amide bonds. The van der Waals surface area contributed by atoms with Gasteiger partial charge in [0.25, 0.3) is 5.91 Å². The van der Waals surface area contributed by atoms with Crippen molar-refractivity contribution < 1.29 is 13.9 Å². The Kier molecular flexibility index (Phi) is 5.24. The Morgan fingerprint density at radius 3 is 2.71 bits per heavy atom. The molecule has 34 heavy (non-hydrogen) atoms. The number of aromatic nitrogens is 2. The first-order chi connectivity index (χ1) is 16.1. The van der Waals surface area contributed by atoms with Gasteiger partial charge in [-0.3, -0.25) is 4.79 Å². The number of nitrogens with one attached hydrogen (secondary N) is 2. The summed E-state index contributed by atoms with van der Waals surface area (Å²) in [6.07, 6.45) is 0.601. The average molecular weight is 479 g/mol. The van der Waals surface area contributed by atoms with E-state index in [9.17, 15) is 9.18 Å². The lowest BCUT2D eigenvalue weighted by atomic mass is 9.98. The molecule has 0 unspecified atom stereocenters. The van der Waals surface area contributed by atoms with Crippen LogP contribution in [0.4, 0.5) is 21.7 Å². The number of nitrogens with zero attached hydrogens (tertiary/aromatic N) is 2. The molecule has 0 aliphatic carbocycles. The third-order valence-corrected chi connectivity index (χ3v) is 6.22. The van der Waals surface area contributed by atoms with E-state index in [-0.39, 0.29) is 16.6 Å². The molecule has 5 rings (SSSR count). The molecule has 2 N–H and O–H groups in total. The minimum atomic E-state index is -0.484. The fourth-order valence-electron chi connectivity index (χ4n) is 4.40. The summed E-state index contributed by atoms with van der Waals surface area (Å²) in [7, 11) is 1.84. The Balaban J connectivity index is 1.62. The van der Waals surface area contributed by atoms with Gasteiger partial charge in [-0.05, 0) is 56.7 Å². The summed E-state index contributed by atoms with van der Waals surface area (Å²) in [5, 5.41) is 6.22. The van der Waals surface area contributed by atoms with Gasteiger partial charge in [0.15, 0.2) is 0 Å². The van der Waals surface area contributed by atoms with Crippen molar-refractivity contribution in [1.82, 2.24) is 9.55 Å². The van der Waals surface area contributed by atoms with E-state index in [0.717, 1.165) is 16.6 Å². The Labute approximate surface area is 201 Å². The first-order valence-corrected chi connectivity index (χ1v) is 11.3. The first-order valence-electron chi connectivity index (χ1n) is 10.9. The highest BCUT2D eigenvalue weighted by Gasteiger charge is 2.36. The number of hydrogen-bond acceptors (Lipinski definition) is 4. The minimum absolute atomic E-state index is 0.146. The summed E-state index contributed by atoms with van der Waals surface area (Å²) in [5.41, 5.74) is 4.13. The number of carbonyl (C=O) groups excluding carboxylic acids is 1. The zero-order chi connectivity index (χ0) is 24.2. The number of para-hydroxylation sites is 1. The number of fused-ring (bicyclic) bond motifs is 3. The molecule has 2 heterocycles. The molecule has 0 spiro atoms. The van der Waals surface area contributed by atoms with Crippen LogP contribution in [0.3, 0.4) is 0 Å². The molecule has 1 aliphatic heterocycles. The van der Waals surface area contributed by atoms with Crippen molar-refractivity contribution in [3.05, 3.63) is 76.1 Å².